The lowest BCUT2D eigenvalue weighted by Crippen LogP contribution is -2.27. The maximum Gasteiger partial charge on any atom is 0.170 e. The van der Waals surface area contributed by atoms with Crippen molar-refractivity contribution in [3.05, 3.63) is 24.3 Å². The molecule has 0 bridgehead atoms. The Morgan fingerprint density at radius 3 is 2.47 bits per heavy atom. The molecule has 0 saturated heterocycles. The topological polar surface area (TPSA) is 33.3 Å². The summed E-state index contributed by atoms with van der Waals surface area (Å²) in [6.07, 6.45) is 4.91. The van der Waals surface area contributed by atoms with E-state index in [1.54, 1.807) is 0 Å². The molecule has 0 aliphatic heterocycles. The second-order valence-corrected chi connectivity index (χ2v) is 4.83. The van der Waals surface area contributed by atoms with Gasteiger partial charge in [-0.05, 0) is 49.8 Å². The third kappa shape index (κ3) is 7.01. The molecule has 1 aromatic carbocycles. The fraction of sp³-hybridized carbons (Fsp3) is 0.533. The van der Waals surface area contributed by atoms with Gasteiger partial charge in [0, 0.05) is 12.2 Å². The number of benzene rings is 1. The standard InChI is InChI=1S/C15H24N2OS/c1-3-5-6-7-12-18-14-10-8-13(9-11-14)17-15(19)16-4-2/h8-11H,3-7,12H2,1-2H3,(H2,16,17,19). The van der Waals surface area contributed by atoms with Crippen LogP contribution in [0.2, 0.25) is 0 Å². The zero-order valence-electron chi connectivity index (χ0n) is 11.9. The van der Waals surface area contributed by atoms with Crippen molar-refractivity contribution in [2.75, 3.05) is 18.5 Å². The van der Waals surface area contributed by atoms with E-state index in [9.17, 15) is 0 Å². The molecule has 19 heavy (non-hydrogen) atoms. The smallest absolute Gasteiger partial charge is 0.170 e. The molecule has 106 valence electrons. The van der Waals surface area contributed by atoms with E-state index in [4.69, 9.17) is 17.0 Å². The number of thiocarbonyl (C=S) groups is 1. The number of rotatable bonds is 8. The van der Waals surface area contributed by atoms with Gasteiger partial charge in [0.1, 0.15) is 5.75 Å². The third-order valence-electron chi connectivity index (χ3n) is 2.72. The summed E-state index contributed by atoms with van der Waals surface area (Å²) in [4.78, 5) is 0. The van der Waals surface area contributed by atoms with Crippen LogP contribution in [0.15, 0.2) is 24.3 Å². The van der Waals surface area contributed by atoms with Gasteiger partial charge < -0.3 is 15.4 Å². The lowest BCUT2D eigenvalue weighted by Gasteiger charge is -2.10. The lowest BCUT2D eigenvalue weighted by molar-refractivity contribution is 0.305. The van der Waals surface area contributed by atoms with Crippen LogP contribution in [0.3, 0.4) is 0 Å². The third-order valence-corrected chi connectivity index (χ3v) is 2.96. The van der Waals surface area contributed by atoms with Crippen LogP contribution in [0, 0.1) is 0 Å². The Balaban J connectivity index is 2.29. The summed E-state index contributed by atoms with van der Waals surface area (Å²) in [5.74, 6) is 0.913. The van der Waals surface area contributed by atoms with Crippen molar-refractivity contribution in [3.8, 4) is 5.75 Å². The summed E-state index contributed by atoms with van der Waals surface area (Å²) in [6.45, 7) is 5.85. The van der Waals surface area contributed by atoms with Crippen molar-refractivity contribution in [3.63, 3.8) is 0 Å². The van der Waals surface area contributed by atoms with Crippen molar-refractivity contribution in [2.24, 2.45) is 0 Å². The summed E-state index contributed by atoms with van der Waals surface area (Å²) >= 11 is 5.13. The Kier molecular flexibility index (Phi) is 7.98. The summed E-state index contributed by atoms with van der Waals surface area (Å²) in [5.41, 5.74) is 0.976. The molecule has 0 spiro atoms. The minimum Gasteiger partial charge on any atom is -0.494 e. The van der Waals surface area contributed by atoms with E-state index in [1.165, 1.54) is 19.3 Å². The second kappa shape index (κ2) is 9.62. The van der Waals surface area contributed by atoms with Crippen LogP contribution >= 0.6 is 12.2 Å². The van der Waals surface area contributed by atoms with Crippen molar-refractivity contribution < 1.29 is 4.74 Å². The predicted octanol–water partition coefficient (Wildman–Crippen LogP) is 3.95. The van der Waals surface area contributed by atoms with Crippen LogP contribution in [0.1, 0.15) is 39.5 Å². The highest BCUT2D eigenvalue weighted by Gasteiger charge is 1.97. The number of hydrogen-bond acceptors (Lipinski definition) is 2. The zero-order valence-corrected chi connectivity index (χ0v) is 12.7. The molecule has 1 aromatic rings. The van der Waals surface area contributed by atoms with Crippen molar-refractivity contribution >= 4 is 23.0 Å². The van der Waals surface area contributed by atoms with Gasteiger partial charge in [-0.1, -0.05) is 26.2 Å². The van der Waals surface area contributed by atoms with Crippen LogP contribution in [0.4, 0.5) is 5.69 Å². The number of hydrogen-bond donors (Lipinski definition) is 2. The van der Waals surface area contributed by atoms with Gasteiger partial charge in [0.15, 0.2) is 5.11 Å². The maximum atomic E-state index is 5.68. The monoisotopic (exact) mass is 280 g/mol. The highest BCUT2D eigenvalue weighted by molar-refractivity contribution is 7.80. The van der Waals surface area contributed by atoms with E-state index in [1.807, 2.05) is 31.2 Å². The summed E-state index contributed by atoms with van der Waals surface area (Å²) in [6, 6.07) is 7.89. The van der Waals surface area contributed by atoms with Crippen LogP contribution in [-0.4, -0.2) is 18.3 Å². The van der Waals surface area contributed by atoms with E-state index in [-0.39, 0.29) is 0 Å². The Morgan fingerprint density at radius 2 is 1.84 bits per heavy atom. The Hall–Kier alpha value is -1.29. The molecule has 0 aliphatic rings. The number of anilines is 1. The first kappa shape index (κ1) is 15.8. The van der Waals surface area contributed by atoms with Gasteiger partial charge in [-0.15, -0.1) is 0 Å². The van der Waals surface area contributed by atoms with Gasteiger partial charge in [0.05, 0.1) is 6.61 Å². The highest BCUT2D eigenvalue weighted by atomic mass is 32.1. The normalized spacial score (nSPS) is 10.0. The number of unbranched alkanes of at least 4 members (excludes halogenated alkanes) is 3. The summed E-state index contributed by atoms with van der Waals surface area (Å²) in [7, 11) is 0. The summed E-state index contributed by atoms with van der Waals surface area (Å²) in [5, 5.41) is 6.82. The molecule has 0 fully saturated rings. The Bertz CT molecular complexity index is 365. The lowest BCUT2D eigenvalue weighted by atomic mass is 10.2. The minimum absolute atomic E-state index is 0.649. The van der Waals surface area contributed by atoms with Crippen LogP contribution < -0.4 is 15.4 Å². The van der Waals surface area contributed by atoms with E-state index >= 15 is 0 Å². The van der Waals surface area contributed by atoms with Gasteiger partial charge in [0.25, 0.3) is 0 Å². The molecule has 2 N–H and O–H groups in total. The molecule has 0 aromatic heterocycles. The van der Waals surface area contributed by atoms with E-state index < -0.39 is 0 Å². The van der Waals surface area contributed by atoms with E-state index in [0.29, 0.717) is 5.11 Å². The molecule has 0 radical (unpaired) electrons. The Morgan fingerprint density at radius 1 is 1.11 bits per heavy atom. The quantitative estimate of drug-likeness (QED) is 0.558. The second-order valence-electron chi connectivity index (χ2n) is 4.42. The summed E-state index contributed by atoms with van der Waals surface area (Å²) < 4.78 is 5.68. The van der Waals surface area contributed by atoms with Crippen LogP contribution in [0.5, 0.6) is 5.75 Å². The molecule has 3 nitrogen and oxygen atoms in total. The first-order valence-corrected chi connectivity index (χ1v) is 7.44. The molecule has 0 aliphatic carbocycles. The van der Waals surface area contributed by atoms with Gasteiger partial charge in [-0.3, -0.25) is 0 Å². The van der Waals surface area contributed by atoms with Gasteiger partial charge in [0.2, 0.25) is 0 Å². The average Bonchev–Trinajstić information content (AvgIpc) is 2.41. The van der Waals surface area contributed by atoms with Crippen LogP contribution in [-0.2, 0) is 0 Å². The molecule has 0 heterocycles. The predicted molar refractivity (Wildman–Crippen MR) is 86.0 cm³/mol. The fourth-order valence-corrected chi connectivity index (χ4v) is 1.95. The highest BCUT2D eigenvalue weighted by Crippen LogP contribution is 2.16. The number of ether oxygens (including phenoxy) is 1. The minimum atomic E-state index is 0.649. The van der Waals surface area contributed by atoms with Crippen molar-refractivity contribution in [1.82, 2.24) is 5.32 Å². The van der Waals surface area contributed by atoms with Gasteiger partial charge in [-0.2, -0.15) is 0 Å². The van der Waals surface area contributed by atoms with Gasteiger partial charge in [-0.25, -0.2) is 0 Å². The van der Waals surface area contributed by atoms with Crippen molar-refractivity contribution in [1.29, 1.82) is 0 Å². The molecular weight excluding hydrogens is 256 g/mol. The van der Waals surface area contributed by atoms with E-state index in [2.05, 4.69) is 17.6 Å². The van der Waals surface area contributed by atoms with Crippen molar-refractivity contribution in [2.45, 2.75) is 39.5 Å². The molecule has 0 unspecified atom stereocenters. The largest absolute Gasteiger partial charge is 0.494 e. The Labute approximate surface area is 121 Å². The molecule has 4 heteroatoms. The SMILES string of the molecule is CCCCCCOc1ccc(NC(=S)NCC)cc1. The molecule has 0 atom stereocenters. The molecule has 1 rings (SSSR count). The molecule has 0 saturated carbocycles. The van der Waals surface area contributed by atoms with Gasteiger partial charge >= 0.3 is 0 Å². The first-order valence-electron chi connectivity index (χ1n) is 7.04. The zero-order chi connectivity index (χ0) is 13.9. The van der Waals surface area contributed by atoms with E-state index in [0.717, 1.165) is 31.0 Å². The first-order chi connectivity index (χ1) is 9.26. The molecular formula is C15H24N2OS. The average molecular weight is 280 g/mol. The maximum absolute atomic E-state index is 5.68. The van der Waals surface area contributed by atoms with Crippen LogP contribution in [0.25, 0.3) is 0 Å². The molecule has 0 amide bonds. The fourth-order valence-electron chi connectivity index (χ4n) is 1.69. The number of nitrogens with one attached hydrogen (secondary N) is 2.